The van der Waals surface area contributed by atoms with Crippen LogP contribution in [0.25, 0.3) is 10.4 Å². The zero-order valence-corrected chi connectivity index (χ0v) is 14.0. The summed E-state index contributed by atoms with van der Waals surface area (Å²) < 4.78 is 25.0. The molecule has 1 aromatic carbocycles. The number of azide groups is 1. The molecular weight excluding hydrogens is 322 g/mol. The number of benzene rings is 1. The predicted molar refractivity (Wildman–Crippen MR) is 86.3 cm³/mol. The Balaban J connectivity index is 2.02. The molecule has 0 aromatic heterocycles. The lowest BCUT2D eigenvalue weighted by atomic mass is 9.89. The molecule has 1 saturated carbocycles. The van der Waals surface area contributed by atoms with Crippen LogP contribution < -0.4 is 0 Å². The Morgan fingerprint density at radius 3 is 2.73 bits per heavy atom. The summed E-state index contributed by atoms with van der Waals surface area (Å²) in [5, 5.41) is 3.13. The van der Waals surface area contributed by atoms with Crippen molar-refractivity contribution in [3.8, 4) is 0 Å². The first-order valence-corrected chi connectivity index (χ1v) is 10.00. The summed E-state index contributed by atoms with van der Waals surface area (Å²) in [5.74, 6) is 0.153. The quantitative estimate of drug-likeness (QED) is 0.257. The SMILES string of the molecule is CSc1ccc(S(=O)(=O)CC2CCCC(ON=[N+]=[N-])C2)cc1. The molecule has 2 rings (SSSR count). The summed E-state index contributed by atoms with van der Waals surface area (Å²) >= 11 is 1.58. The normalized spacial score (nSPS) is 21.9. The Kier molecular flexibility index (Phi) is 5.99. The lowest BCUT2D eigenvalue weighted by molar-refractivity contribution is 0.0162. The Morgan fingerprint density at radius 1 is 1.36 bits per heavy atom. The van der Waals surface area contributed by atoms with E-state index in [4.69, 9.17) is 10.4 Å². The molecule has 0 N–H and O–H groups in total. The second-order valence-corrected chi connectivity index (χ2v) is 8.30. The largest absolute Gasteiger partial charge is 0.430 e. The molecule has 2 atom stereocenters. The summed E-state index contributed by atoms with van der Waals surface area (Å²) in [6.07, 6.45) is 4.94. The van der Waals surface area contributed by atoms with Gasteiger partial charge in [0.2, 0.25) is 0 Å². The van der Waals surface area contributed by atoms with Crippen LogP contribution in [-0.4, -0.2) is 26.5 Å². The minimum absolute atomic E-state index is 0.0397. The van der Waals surface area contributed by atoms with E-state index in [0.717, 1.165) is 24.2 Å². The van der Waals surface area contributed by atoms with Crippen molar-refractivity contribution >= 4 is 21.6 Å². The van der Waals surface area contributed by atoms with Crippen molar-refractivity contribution in [2.24, 2.45) is 11.2 Å². The van der Waals surface area contributed by atoms with Crippen LogP contribution in [0.2, 0.25) is 0 Å². The first-order chi connectivity index (χ1) is 10.5. The maximum Gasteiger partial charge on any atom is 0.178 e. The second-order valence-electron chi connectivity index (χ2n) is 5.39. The van der Waals surface area contributed by atoms with Gasteiger partial charge in [-0.3, -0.25) is 0 Å². The van der Waals surface area contributed by atoms with Gasteiger partial charge in [-0.15, -0.1) is 11.8 Å². The molecule has 2 unspecified atom stereocenters. The maximum atomic E-state index is 12.5. The Morgan fingerprint density at radius 2 is 2.09 bits per heavy atom. The number of hydrogen-bond donors (Lipinski definition) is 0. The molecule has 6 nitrogen and oxygen atoms in total. The van der Waals surface area contributed by atoms with E-state index in [2.05, 4.69) is 10.2 Å². The third-order valence-corrected chi connectivity index (χ3v) is 6.49. The van der Waals surface area contributed by atoms with Crippen LogP contribution in [0.3, 0.4) is 0 Å². The average molecular weight is 341 g/mol. The molecule has 0 bridgehead atoms. The van der Waals surface area contributed by atoms with Crippen LogP contribution in [0, 0.1) is 5.92 Å². The van der Waals surface area contributed by atoms with Crippen molar-refractivity contribution in [1.29, 1.82) is 0 Å². The van der Waals surface area contributed by atoms with Crippen LogP contribution in [0.5, 0.6) is 0 Å². The summed E-state index contributed by atoms with van der Waals surface area (Å²) in [5.41, 5.74) is 8.28. The topological polar surface area (TPSA) is 92.1 Å². The van der Waals surface area contributed by atoms with E-state index in [-0.39, 0.29) is 17.8 Å². The summed E-state index contributed by atoms with van der Waals surface area (Å²) in [6, 6.07) is 6.98. The van der Waals surface area contributed by atoms with E-state index in [0.29, 0.717) is 11.3 Å². The summed E-state index contributed by atoms with van der Waals surface area (Å²) in [6.45, 7) is 0. The molecule has 0 spiro atoms. The number of nitrogens with zero attached hydrogens (tertiary/aromatic N) is 3. The van der Waals surface area contributed by atoms with Crippen LogP contribution in [-0.2, 0) is 14.7 Å². The number of thioether (sulfide) groups is 1. The lowest BCUT2D eigenvalue weighted by Crippen LogP contribution is -2.26. The van der Waals surface area contributed by atoms with Gasteiger partial charge in [-0.2, -0.15) is 0 Å². The molecule has 120 valence electrons. The first-order valence-electron chi connectivity index (χ1n) is 7.12. The van der Waals surface area contributed by atoms with Crippen LogP contribution in [0.1, 0.15) is 25.7 Å². The Bertz CT molecular complexity index is 640. The van der Waals surface area contributed by atoms with Crippen molar-refractivity contribution in [3.05, 3.63) is 34.7 Å². The van der Waals surface area contributed by atoms with Crippen LogP contribution >= 0.6 is 11.8 Å². The zero-order valence-electron chi connectivity index (χ0n) is 12.4. The molecule has 0 saturated heterocycles. The van der Waals surface area contributed by atoms with E-state index in [1.54, 1.807) is 23.9 Å². The van der Waals surface area contributed by atoms with E-state index < -0.39 is 9.84 Å². The molecule has 22 heavy (non-hydrogen) atoms. The minimum Gasteiger partial charge on any atom is -0.430 e. The highest BCUT2D eigenvalue weighted by molar-refractivity contribution is 7.98. The second kappa shape index (κ2) is 7.76. The van der Waals surface area contributed by atoms with E-state index in [9.17, 15) is 8.42 Å². The Labute approximate surface area is 134 Å². The number of hydrogen-bond acceptors (Lipinski definition) is 5. The number of rotatable bonds is 6. The van der Waals surface area contributed by atoms with Crippen molar-refractivity contribution in [2.75, 3.05) is 12.0 Å². The van der Waals surface area contributed by atoms with Crippen molar-refractivity contribution in [3.63, 3.8) is 0 Å². The third-order valence-electron chi connectivity index (χ3n) is 3.84. The standard InChI is InChI=1S/C14H19N3O3S2/c1-21-13-5-7-14(8-6-13)22(18,19)10-11-3-2-4-12(9-11)20-17-16-15/h5-8,11-12H,2-4,9-10H2,1H3. The summed E-state index contributed by atoms with van der Waals surface area (Å²) in [4.78, 5) is 9.00. The van der Waals surface area contributed by atoms with Gasteiger partial charge in [-0.1, -0.05) is 0 Å². The highest BCUT2D eigenvalue weighted by Crippen LogP contribution is 2.29. The van der Waals surface area contributed by atoms with Gasteiger partial charge < -0.3 is 4.84 Å². The van der Waals surface area contributed by atoms with Gasteiger partial charge in [0.25, 0.3) is 0 Å². The molecule has 1 aliphatic rings. The van der Waals surface area contributed by atoms with Gasteiger partial charge in [-0.25, -0.2) is 8.42 Å². The van der Waals surface area contributed by atoms with Gasteiger partial charge in [0, 0.05) is 9.81 Å². The molecule has 8 heteroatoms. The van der Waals surface area contributed by atoms with Crippen molar-refractivity contribution in [1.82, 2.24) is 0 Å². The molecule has 0 heterocycles. The highest BCUT2D eigenvalue weighted by atomic mass is 32.2. The van der Waals surface area contributed by atoms with Gasteiger partial charge >= 0.3 is 0 Å². The minimum atomic E-state index is -3.30. The fourth-order valence-electron chi connectivity index (χ4n) is 2.77. The summed E-state index contributed by atoms with van der Waals surface area (Å²) in [7, 11) is -3.30. The van der Waals surface area contributed by atoms with Crippen molar-refractivity contribution < 1.29 is 13.3 Å². The maximum absolute atomic E-state index is 12.5. The third kappa shape index (κ3) is 4.56. The van der Waals surface area contributed by atoms with Gasteiger partial charge in [-0.05, 0) is 67.7 Å². The number of sulfone groups is 1. The van der Waals surface area contributed by atoms with Gasteiger partial charge in [0.15, 0.2) is 9.84 Å². The van der Waals surface area contributed by atoms with Crippen LogP contribution in [0.4, 0.5) is 0 Å². The monoisotopic (exact) mass is 341 g/mol. The van der Waals surface area contributed by atoms with Gasteiger partial charge in [0.1, 0.15) is 11.4 Å². The molecule has 1 fully saturated rings. The zero-order chi connectivity index (χ0) is 16.0. The van der Waals surface area contributed by atoms with Gasteiger partial charge in [0.05, 0.1) is 10.6 Å². The average Bonchev–Trinajstić information content (AvgIpc) is 2.53. The van der Waals surface area contributed by atoms with E-state index in [1.807, 2.05) is 18.4 Å². The molecule has 1 aromatic rings. The fourth-order valence-corrected chi connectivity index (χ4v) is 4.84. The fraction of sp³-hybridized carbons (Fsp3) is 0.571. The molecular formula is C14H19N3O3S2. The Hall–Kier alpha value is -1.37. The first kappa shape index (κ1) is 17.0. The molecule has 0 amide bonds. The van der Waals surface area contributed by atoms with Crippen LogP contribution in [0.15, 0.2) is 39.3 Å². The van der Waals surface area contributed by atoms with Crippen molar-refractivity contribution in [2.45, 2.75) is 41.6 Å². The van der Waals surface area contributed by atoms with E-state index in [1.165, 1.54) is 0 Å². The highest BCUT2D eigenvalue weighted by Gasteiger charge is 2.28. The lowest BCUT2D eigenvalue weighted by Gasteiger charge is -2.27. The molecule has 0 radical (unpaired) electrons. The van der Waals surface area contributed by atoms with E-state index >= 15 is 0 Å². The smallest absolute Gasteiger partial charge is 0.178 e. The molecule has 0 aliphatic heterocycles. The molecule has 1 aliphatic carbocycles. The predicted octanol–water partition coefficient (Wildman–Crippen LogP) is 3.98.